The van der Waals surface area contributed by atoms with Crippen molar-refractivity contribution < 1.29 is 18.0 Å². The number of benzene rings is 1. The molecule has 8 heteroatoms. The summed E-state index contributed by atoms with van der Waals surface area (Å²) in [6, 6.07) is 9.28. The first-order chi connectivity index (χ1) is 10.9. The lowest BCUT2D eigenvalue weighted by atomic mass is 10.2. The minimum atomic E-state index is -4.54. The molecule has 0 N–H and O–H groups in total. The Morgan fingerprint density at radius 2 is 1.87 bits per heavy atom. The predicted octanol–water partition coefficient (Wildman–Crippen LogP) is 2.35. The van der Waals surface area contributed by atoms with Crippen LogP contribution < -0.4 is 0 Å². The molecule has 3 rings (SSSR count). The summed E-state index contributed by atoms with van der Waals surface area (Å²) >= 11 is 0. The number of nitrogens with zero attached hydrogens (tertiary/aromatic N) is 4. The van der Waals surface area contributed by atoms with Crippen LogP contribution in [0.1, 0.15) is 17.2 Å². The molecule has 0 spiro atoms. The Kier molecular flexibility index (Phi) is 3.89. The Labute approximate surface area is 130 Å². The third kappa shape index (κ3) is 3.25. The molecule has 1 aromatic heterocycles. The van der Waals surface area contributed by atoms with E-state index in [1.165, 1.54) is 11.0 Å². The van der Waals surface area contributed by atoms with Crippen molar-refractivity contribution in [3.63, 3.8) is 0 Å². The maximum atomic E-state index is 12.8. The summed E-state index contributed by atoms with van der Waals surface area (Å²) in [6.07, 6.45) is -1.46. The van der Waals surface area contributed by atoms with Crippen LogP contribution in [0.4, 0.5) is 13.2 Å². The van der Waals surface area contributed by atoms with Gasteiger partial charge in [-0.2, -0.15) is 13.2 Å². The normalized spacial score (nSPS) is 15.0. The van der Waals surface area contributed by atoms with Gasteiger partial charge in [0.05, 0.1) is 6.54 Å². The molecule has 2 aromatic rings. The lowest BCUT2D eigenvalue weighted by Gasteiger charge is -2.27. The minimum Gasteiger partial charge on any atom is -0.330 e. The van der Waals surface area contributed by atoms with Crippen molar-refractivity contribution in [2.45, 2.75) is 19.3 Å². The van der Waals surface area contributed by atoms with E-state index in [2.05, 4.69) is 10.2 Å². The third-order valence-electron chi connectivity index (χ3n) is 3.54. The molecule has 0 radical (unpaired) electrons. The van der Waals surface area contributed by atoms with Gasteiger partial charge in [-0.05, 0) is 11.6 Å². The number of hydrogen-bond acceptors (Lipinski definition) is 3. The van der Waals surface area contributed by atoms with Gasteiger partial charge >= 0.3 is 6.18 Å². The second kappa shape index (κ2) is 5.86. The van der Waals surface area contributed by atoms with E-state index >= 15 is 0 Å². The van der Waals surface area contributed by atoms with Gasteiger partial charge in [0.2, 0.25) is 11.7 Å². The lowest BCUT2D eigenvalue weighted by Crippen LogP contribution is -2.38. The predicted molar refractivity (Wildman–Crippen MR) is 75.9 cm³/mol. The fourth-order valence-electron chi connectivity index (χ4n) is 2.39. The molecule has 1 aliphatic rings. The van der Waals surface area contributed by atoms with Crippen molar-refractivity contribution in [1.29, 1.82) is 0 Å². The summed E-state index contributed by atoms with van der Waals surface area (Å²) < 4.78 is 39.3. The van der Waals surface area contributed by atoms with E-state index in [0.29, 0.717) is 0 Å². The molecule has 0 fully saturated rings. The molecule has 23 heavy (non-hydrogen) atoms. The topological polar surface area (TPSA) is 51.0 Å². The van der Waals surface area contributed by atoms with Crippen LogP contribution in [0.3, 0.4) is 0 Å². The maximum absolute atomic E-state index is 12.8. The van der Waals surface area contributed by atoms with E-state index in [4.69, 9.17) is 0 Å². The highest BCUT2D eigenvalue weighted by molar-refractivity contribution is 5.91. The van der Waals surface area contributed by atoms with Gasteiger partial charge in [0.25, 0.3) is 0 Å². The number of amides is 1. The van der Waals surface area contributed by atoms with Crippen LogP contribution in [0.5, 0.6) is 0 Å². The Morgan fingerprint density at radius 3 is 2.57 bits per heavy atom. The number of alkyl halides is 3. The van der Waals surface area contributed by atoms with E-state index < -0.39 is 12.0 Å². The van der Waals surface area contributed by atoms with Gasteiger partial charge < -0.3 is 9.47 Å². The molecule has 5 nitrogen and oxygen atoms in total. The molecule has 1 aliphatic heterocycles. The maximum Gasteiger partial charge on any atom is 0.451 e. The second-order valence-electron chi connectivity index (χ2n) is 5.09. The van der Waals surface area contributed by atoms with Gasteiger partial charge in [-0.1, -0.05) is 30.3 Å². The summed E-state index contributed by atoms with van der Waals surface area (Å²) in [7, 11) is 0. The van der Waals surface area contributed by atoms with Crippen LogP contribution in [0, 0.1) is 0 Å². The smallest absolute Gasteiger partial charge is 0.330 e. The molecule has 0 atom stereocenters. The summed E-state index contributed by atoms with van der Waals surface area (Å²) in [5.74, 6) is -1.14. The Bertz CT molecular complexity index is 737. The van der Waals surface area contributed by atoms with Crippen LogP contribution in [0.15, 0.2) is 36.4 Å². The van der Waals surface area contributed by atoms with E-state index in [0.717, 1.165) is 10.1 Å². The molecule has 1 aromatic carbocycles. The molecule has 0 aliphatic carbocycles. The van der Waals surface area contributed by atoms with Gasteiger partial charge in [-0.15, -0.1) is 10.2 Å². The largest absolute Gasteiger partial charge is 0.451 e. The standard InChI is InChI=1S/C15H13F3N4O/c16-15(17,18)14-20-19-12-10-21(8-9-22(12)14)13(23)7-6-11-4-2-1-3-5-11/h1-7H,8-10H2. The van der Waals surface area contributed by atoms with Crippen LogP contribution in [-0.4, -0.2) is 32.1 Å². The summed E-state index contributed by atoms with van der Waals surface area (Å²) in [5, 5.41) is 6.74. The molecular formula is C15H13F3N4O. The average molecular weight is 322 g/mol. The highest BCUT2D eigenvalue weighted by Crippen LogP contribution is 2.29. The fourth-order valence-corrected chi connectivity index (χ4v) is 2.39. The quantitative estimate of drug-likeness (QED) is 0.798. The number of carbonyl (C=O) groups is 1. The number of carbonyl (C=O) groups excluding carboxylic acids is 1. The van der Waals surface area contributed by atoms with Crippen molar-refractivity contribution in [3.05, 3.63) is 53.6 Å². The van der Waals surface area contributed by atoms with E-state index in [9.17, 15) is 18.0 Å². The molecule has 0 saturated heterocycles. The summed E-state index contributed by atoms with van der Waals surface area (Å²) in [6.45, 7) is 0.231. The number of fused-ring (bicyclic) bond motifs is 1. The zero-order chi connectivity index (χ0) is 16.4. The van der Waals surface area contributed by atoms with Crippen LogP contribution >= 0.6 is 0 Å². The average Bonchev–Trinajstić information content (AvgIpc) is 2.96. The van der Waals surface area contributed by atoms with Gasteiger partial charge in [-0.3, -0.25) is 4.79 Å². The van der Waals surface area contributed by atoms with Gasteiger partial charge in [-0.25, -0.2) is 0 Å². The molecule has 0 unspecified atom stereocenters. The molecule has 0 bridgehead atoms. The lowest BCUT2D eigenvalue weighted by molar-refractivity contribution is -0.148. The highest BCUT2D eigenvalue weighted by atomic mass is 19.4. The van der Waals surface area contributed by atoms with Crippen LogP contribution in [0.25, 0.3) is 6.08 Å². The van der Waals surface area contributed by atoms with E-state index in [-0.39, 0.29) is 31.4 Å². The van der Waals surface area contributed by atoms with Crippen molar-refractivity contribution in [1.82, 2.24) is 19.7 Å². The minimum absolute atomic E-state index is 0.0149. The third-order valence-corrected chi connectivity index (χ3v) is 3.54. The molecule has 2 heterocycles. The van der Waals surface area contributed by atoms with Crippen molar-refractivity contribution in [3.8, 4) is 0 Å². The zero-order valence-electron chi connectivity index (χ0n) is 12.0. The summed E-state index contributed by atoms with van der Waals surface area (Å²) in [5.41, 5.74) is 0.875. The Morgan fingerprint density at radius 1 is 1.13 bits per heavy atom. The van der Waals surface area contributed by atoms with Gasteiger partial charge in [0.1, 0.15) is 0 Å². The molecule has 1 amide bonds. The van der Waals surface area contributed by atoms with Gasteiger partial charge in [0, 0.05) is 19.2 Å². The monoisotopic (exact) mass is 322 g/mol. The first kappa shape index (κ1) is 15.3. The van der Waals surface area contributed by atoms with Crippen LogP contribution in [0.2, 0.25) is 0 Å². The summed E-state index contributed by atoms with van der Waals surface area (Å²) in [4.78, 5) is 13.6. The van der Waals surface area contributed by atoms with Crippen molar-refractivity contribution in [2.24, 2.45) is 0 Å². The first-order valence-corrected chi connectivity index (χ1v) is 6.96. The van der Waals surface area contributed by atoms with Crippen LogP contribution in [-0.2, 0) is 24.1 Å². The number of halogens is 3. The number of rotatable bonds is 2. The molecule has 120 valence electrons. The van der Waals surface area contributed by atoms with Crippen molar-refractivity contribution in [2.75, 3.05) is 6.54 Å². The Balaban J connectivity index is 1.71. The van der Waals surface area contributed by atoms with Crippen molar-refractivity contribution >= 4 is 12.0 Å². The number of aromatic nitrogens is 3. The SMILES string of the molecule is O=C(C=Cc1ccccc1)N1CCn2c(nnc2C(F)(F)F)C1. The molecule has 0 saturated carbocycles. The Hall–Kier alpha value is -2.64. The highest BCUT2D eigenvalue weighted by Gasteiger charge is 2.39. The van der Waals surface area contributed by atoms with E-state index in [1.807, 2.05) is 30.3 Å². The number of hydrogen-bond donors (Lipinski definition) is 0. The fraction of sp³-hybridized carbons (Fsp3) is 0.267. The van der Waals surface area contributed by atoms with Gasteiger partial charge in [0.15, 0.2) is 5.82 Å². The molecular weight excluding hydrogens is 309 g/mol. The second-order valence-corrected chi connectivity index (χ2v) is 5.09. The first-order valence-electron chi connectivity index (χ1n) is 6.96. The zero-order valence-corrected chi connectivity index (χ0v) is 12.0. The van der Waals surface area contributed by atoms with E-state index in [1.54, 1.807) is 6.08 Å².